The van der Waals surface area contributed by atoms with Crippen LogP contribution in [0.25, 0.3) is 0 Å². The molecule has 1 fully saturated rings. The monoisotopic (exact) mass is 252 g/mol. The number of nitrogens with one attached hydrogen (secondary N) is 1. The van der Waals surface area contributed by atoms with Gasteiger partial charge in [-0.1, -0.05) is 6.92 Å². The molecule has 0 saturated heterocycles. The Kier molecular flexibility index (Phi) is 5.13. The molecule has 2 rings (SSSR count). The van der Waals surface area contributed by atoms with E-state index in [0.29, 0.717) is 6.04 Å². The lowest BCUT2D eigenvalue weighted by Gasteiger charge is -2.27. The summed E-state index contributed by atoms with van der Waals surface area (Å²) in [5.74, 6) is 1.92. The first-order valence-electron chi connectivity index (χ1n) is 6.89. The maximum absolute atomic E-state index is 5.01. The number of aromatic nitrogens is 3. The van der Waals surface area contributed by atoms with Gasteiger partial charge in [0.25, 0.3) is 0 Å². The first-order chi connectivity index (χ1) is 8.81. The van der Waals surface area contributed by atoms with Gasteiger partial charge in [-0.05, 0) is 31.6 Å². The highest BCUT2D eigenvalue weighted by Gasteiger charge is 2.22. The van der Waals surface area contributed by atoms with Gasteiger partial charge in [0.15, 0.2) is 0 Å². The summed E-state index contributed by atoms with van der Waals surface area (Å²) in [6.45, 7) is 4.69. The molecule has 1 saturated carbocycles. The standard InChI is InChI=1S/C13H24N4O/c1-11-3-5-12(6-4-11)17-13(15-10-16-17)9-14-7-8-18-2/h10-12,14H,3-9H2,1-2H3. The van der Waals surface area contributed by atoms with Crippen LogP contribution in [0.3, 0.4) is 0 Å². The van der Waals surface area contributed by atoms with Gasteiger partial charge in [0.2, 0.25) is 0 Å². The molecule has 1 aromatic heterocycles. The van der Waals surface area contributed by atoms with Crippen molar-refractivity contribution in [3.05, 3.63) is 12.2 Å². The van der Waals surface area contributed by atoms with Crippen LogP contribution in [0.1, 0.15) is 44.5 Å². The molecular formula is C13H24N4O. The normalized spacial score (nSPS) is 24.3. The summed E-state index contributed by atoms with van der Waals surface area (Å²) < 4.78 is 7.13. The quantitative estimate of drug-likeness (QED) is 0.784. The smallest absolute Gasteiger partial charge is 0.141 e. The van der Waals surface area contributed by atoms with Crippen LogP contribution in [0.5, 0.6) is 0 Å². The van der Waals surface area contributed by atoms with Crippen molar-refractivity contribution in [1.29, 1.82) is 0 Å². The predicted molar refractivity (Wildman–Crippen MR) is 70.3 cm³/mol. The lowest BCUT2D eigenvalue weighted by atomic mass is 9.87. The Balaban J connectivity index is 1.87. The third kappa shape index (κ3) is 3.53. The molecule has 0 spiro atoms. The minimum atomic E-state index is 0.544. The van der Waals surface area contributed by atoms with Crippen molar-refractivity contribution in [1.82, 2.24) is 20.1 Å². The molecule has 1 heterocycles. The fourth-order valence-electron chi connectivity index (χ4n) is 2.57. The molecule has 0 radical (unpaired) electrons. The first kappa shape index (κ1) is 13.5. The van der Waals surface area contributed by atoms with E-state index in [9.17, 15) is 0 Å². The average molecular weight is 252 g/mol. The van der Waals surface area contributed by atoms with Gasteiger partial charge in [0.1, 0.15) is 12.2 Å². The van der Waals surface area contributed by atoms with E-state index in [1.807, 2.05) is 0 Å². The topological polar surface area (TPSA) is 52.0 Å². The zero-order valence-corrected chi connectivity index (χ0v) is 11.4. The van der Waals surface area contributed by atoms with E-state index in [1.165, 1.54) is 25.7 Å². The summed E-state index contributed by atoms with van der Waals surface area (Å²) in [6, 6.07) is 0.544. The molecule has 1 aliphatic rings. The van der Waals surface area contributed by atoms with E-state index >= 15 is 0 Å². The van der Waals surface area contributed by atoms with Crippen LogP contribution in [0, 0.1) is 5.92 Å². The van der Waals surface area contributed by atoms with Gasteiger partial charge in [-0.15, -0.1) is 0 Å². The summed E-state index contributed by atoms with van der Waals surface area (Å²) in [4.78, 5) is 4.36. The maximum atomic E-state index is 5.01. The first-order valence-corrected chi connectivity index (χ1v) is 6.89. The lowest BCUT2D eigenvalue weighted by Crippen LogP contribution is -2.24. The fraction of sp³-hybridized carbons (Fsp3) is 0.846. The average Bonchev–Trinajstić information content (AvgIpc) is 2.84. The second-order valence-corrected chi connectivity index (χ2v) is 5.20. The van der Waals surface area contributed by atoms with Crippen molar-refractivity contribution >= 4 is 0 Å². The zero-order chi connectivity index (χ0) is 12.8. The molecule has 1 aromatic rings. The van der Waals surface area contributed by atoms with E-state index in [0.717, 1.165) is 31.4 Å². The number of hydrogen-bond donors (Lipinski definition) is 1. The Bertz CT molecular complexity index is 345. The summed E-state index contributed by atoms with van der Waals surface area (Å²) in [5.41, 5.74) is 0. The molecule has 5 heteroatoms. The molecule has 5 nitrogen and oxygen atoms in total. The Morgan fingerprint density at radius 2 is 2.17 bits per heavy atom. The van der Waals surface area contributed by atoms with Crippen molar-refractivity contribution in [2.24, 2.45) is 5.92 Å². The highest BCUT2D eigenvalue weighted by atomic mass is 16.5. The highest BCUT2D eigenvalue weighted by molar-refractivity contribution is 4.89. The van der Waals surface area contributed by atoms with Crippen LogP contribution >= 0.6 is 0 Å². The number of methoxy groups -OCH3 is 1. The molecule has 0 unspecified atom stereocenters. The van der Waals surface area contributed by atoms with E-state index in [2.05, 4.69) is 27.0 Å². The van der Waals surface area contributed by atoms with Crippen molar-refractivity contribution in [3.63, 3.8) is 0 Å². The summed E-state index contributed by atoms with van der Waals surface area (Å²) in [7, 11) is 1.72. The second-order valence-electron chi connectivity index (χ2n) is 5.20. The Labute approximate surface area is 109 Å². The Morgan fingerprint density at radius 1 is 1.39 bits per heavy atom. The van der Waals surface area contributed by atoms with Crippen molar-refractivity contribution < 1.29 is 4.74 Å². The highest BCUT2D eigenvalue weighted by Crippen LogP contribution is 2.31. The van der Waals surface area contributed by atoms with Gasteiger partial charge < -0.3 is 10.1 Å². The van der Waals surface area contributed by atoms with Gasteiger partial charge in [0, 0.05) is 13.7 Å². The fourth-order valence-corrected chi connectivity index (χ4v) is 2.57. The summed E-state index contributed by atoms with van der Waals surface area (Å²) in [5, 5.41) is 7.73. The molecule has 0 aliphatic heterocycles. The molecule has 102 valence electrons. The maximum Gasteiger partial charge on any atom is 0.141 e. The summed E-state index contributed by atoms with van der Waals surface area (Å²) in [6.07, 6.45) is 6.75. The van der Waals surface area contributed by atoms with Crippen LogP contribution in [-0.4, -0.2) is 35.0 Å². The van der Waals surface area contributed by atoms with Crippen LogP contribution in [-0.2, 0) is 11.3 Å². The lowest BCUT2D eigenvalue weighted by molar-refractivity contribution is 0.198. The van der Waals surface area contributed by atoms with E-state index < -0.39 is 0 Å². The molecule has 0 aromatic carbocycles. The van der Waals surface area contributed by atoms with Crippen molar-refractivity contribution in [2.75, 3.05) is 20.3 Å². The number of nitrogens with zero attached hydrogens (tertiary/aromatic N) is 3. The molecule has 0 amide bonds. The van der Waals surface area contributed by atoms with E-state index in [-0.39, 0.29) is 0 Å². The minimum absolute atomic E-state index is 0.544. The Morgan fingerprint density at radius 3 is 2.89 bits per heavy atom. The second kappa shape index (κ2) is 6.85. The third-order valence-corrected chi connectivity index (χ3v) is 3.74. The van der Waals surface area contributed by atoms with Crippen LogP contribution in [0.2, 0.25) is 0 Å². The van der Waals surface area contributed by atoms with Gasteiger partial charge in [-0.3, -0.25) is 0 Å². The van der Waals surface area contributed by atoms with Gasteiger partial charge >= 0.3 is 0 Å². The summed E-state index contributed by atoms with van der Waals surface area (Å²) >= 11 is 0. The van der Waals surface area contributed by atoms with Crippen molar-refractivity contribution in [2.45, 2.75) is 45.2 Å². The molecule has 1 aliphatic carbocycles. The largest absolute Gasteiger partial charge is 0.383 e. The van der Waals surface area contributed by atoms with Crippen molar-refractivity contribution in [3.8, 4) is 0 Å². The number of ether oxygens (including phenoxy) is 1. The molecule has 1 N–H and O–H groups in total. The van der Waals surface area contributed by atoms with E-state index in [1.54, 1.807) is 13.4 Å². The zero-order valence-electron chi connectivity index (χ0n) is 11.4. The number of hydrogen-bond acceptors (Lipinski definition) is 4. The van der Waals surface area contributed by atoms with E-state index in [4.69, 9.17) is 4.74 Å². The molecular weight excluding hydrogens is 228 g/mol. The predicted octanol–water partition coefficient (Wildman–Crippen LogP) is 1.77. The minimum Gasteiger partial charge on any atom is -0.383 e. The third-order valence-electron chi connectivity index (χ3n) is 3.74. The molecule has 0 bridgehead atoms. The van der Waals surface area contributed by atoms with Gasteiger partial charge in [0.05, 0.1) is 19.2 Å². The van der Waals surface area contributed by atoms with Crippen LogP contribution < -0.4 is 5.32 Å². The Hall–Kier alpha value is -0.940. The molecule has 0 atom stereocenters. The van der Waals surface area contributed by atoms with Gasteiger partial charge in [-0.25, -0.2) is 9.67 Å². The SMILES string of the molecule is COCCNCc1ncnn1C1CCC(C)CC1. The number of rotatable bonds is 6. The van der Waals surface area contributed by atoms with Crippen LogP contribution in [0.4, 0.5) is 0 Å². The molecule has 18 heavy (non-hydrogen) atoms. The van der Waals surface area contributed by atoms with Gasteiger partial charge in [-0.2, -0.15) is 5.10 Å². The van der Waals surface area contributed by atoms with Crippen LogP contribution in [0.15, 0.2) is 6.33 Å².